The van der Waals surface area contributed by atoms with Crippen LogP contribution in [0.5, 0.6) is 0 Å². The van der Waals surface area contributed by atoms with Crippen LogP contribution in [0, 0.1) is 10.1 Å². The number of aromatic carboxylic acids is 1. The quantitative estimate of drug-likeness (QED) is 0.585. The zero-order valence-electron chi connectivity index (χ0n) is 13.3. The number of rotatable bonds is 5. The molecular formula is C14H14N4O7S. The summed E-state index contributed by atoms with van der Waals surface area (Å²) in [6.07, 6.45) is 1.15. The topological polar surface area (TPSA) is 147 Å². The number of piperazine rings is 1. The maximum absolute atomic E-state index is 12.5. The van der Waals surface area contributed by atoms with E-state index in [2.05, 4.69) is 4.98 Å². The van der Waals surface area contributed by atoms with Gasteiger partial charge in [0, 0.05) is 32.2 Å². The van der Waals surface area contributed by atoms with E-state index in [1.54, 1.807) is 4.90 Å². The van der Waals surface area contributed by atoms with Crippen LogP contribution in [-0.4, -0.2) is 59.9 Å². The Balaban J connectivity index is 1.69. The molecule has 0 saturated carbocycles. The molecule has 138 valence electrons. The number of carbonyl (C=O) groups is 1. The van der Waals surface area contributed by atoms with Gasteiger partial charge in [0.2, 0.25) is 10.9 Å². The number of carboxylic acid groups (broad SMARTS) is 1. The van der Waals surface area contributed by atoms with Crippen LogP contribution in [0.25, 0.3) is 0 Å². The standard InChI is InChI=1S/C14H14N4O7S/c19-14(20)11-2-4-13(25-11)26(23,24)17-7-5-16(6-8-17)12-3-1-10(9-15-12)18(21)22/h1-4,9H,5-8H2,(H,19,20). The summed E-state index contributed by atoms with van der Waals surface area (Å²) in [5, 5.41) is 19.1. The highest BCUT2D eigenvalue weighted by Gasteiger charge is 2.32. The number of nitro groups is 1. The fourth-order valence-electron chi connectivity index (χ4n) is 2.53. The van der Waals surface area contributed by atoms with Crippen molar-refractivity contribution in [1.29, 1.82) is 0 Å². The first kappa shape index (κ1) is 17.8. The van der Waals surface area contributed by atoms with Gasteiger partial charge in [-0.15, -0.1) is 0 Å². The van der Waals surface area contributed by atoms with E-state index in [0.29, 0.717) is 18.9 Å². The Labute approximate surface area is 147 Å². The first-order valence-electron chi connectivity index (χ1n) is 7.48. The smallest absolute Gasteiger partial charge is 0.371 e. The number of carboxylic acids is 1. The van der Waals surface area contributed by atoms with Crippen LogP contribution < -0.4 is 4.90 Å². The predicted molar refractivity (Wildman–Crippen MR) is 87.5 cm³/mol. The summed E-state index contributed by atoms with van der Waals surface area (Å²) < 4.78 is 31.1. The molecular weight excluding hydrogens is 368 g/mol. The molecule has 0 unspecified atom stereocenters. The predicted octanol–water partition coefficient (Wildman–Crippen LogP) is 0.792. The Morgan fingerprint density at radius 2 is 1.88 bits per heavy atom. The molecule has 0 aromatic carbocycles. The summed E-state index contributed by atoms with van der Waals surface area (Å²) in [6.45, 7) is 0.946. The lowest BCUT2D eigenvalue weighted by atomic mass is 10.3. The summed E-state index contributed by atoms with van der Waals surface area (Å²) >= 11 is 0. The monoisotopic (exact) mass is 382 g/mol. The van der Waals surface area contributed by atoms with Gasteiger partial charge in [0.05, 0.1) is 4.92 Å². The number of pyridine rings is 1. The molecule has 1 N–H and O–H groups in total. The van der Waals surface area contributed by atoms with E-state index in [4.69, 9.17) is 9.52 Å². The van der Waals surface area contributed by atoms with E-state index >= 15 is 0 Å². The maximum atomic E-state index is 12.5. The summed E-state index contributed by atoms with van der Waals surface area (Å²) in [7, 11) is -3.93. The van der Waals surface area contributed by atoms with Crippen molar-refractivity contribution < 1.29 is 27.7 Å². The first-order valence-corrected chi connectivity index (χ1v) is 8.92. The van der Waals surface area contributed by atoms with Crippen molar-refractivity contribution in [2.45, 2.75) is 5.09 Å². The molecule has 3 heterocycles. The lowest BCUT2D eigenvalue weighted by molar-refractivity contribution is -0.385. The molecule has 2 aromatic rings. The molecule has 0 radical (unpaired) electrons. The lowest BCUT2D eigenvalue weighted by Crippen LogP contribution is -2.48. The summed E-state index contributed by atoms with van der Waals surface area (Å²) in [6, 6.07) is 5.05. The van der Waals surface area contributed by atoms with Gasteiger partial charge in [-0.2, -0.15) is 4.31 Å². The molecule has 0 spiro atoms. The second kappa shape index (κ2) is 6.72. The van der Waals surface area contributed by atoms with Crippen molar-refractivity contribution in [3.63, 3.8) is 0 Å². The fourth-order valence-corrected chi connectivity index (χ4v) is 3.87. The van der Waals surface area contributed by atoms with Gasteiger partial charge in [0.25, 0.3) is 15.7 Å². The Hall–Kier alpha value is -2.99. The number of anilines is 1. The van der Waals surface area contributed by atoms with Gasteiger partial charge in [0.15, 0.2) is 0 Å². The van der Waals surface area contributed by atoms with E-state index in [0.717, 1.165) is 18.3 Å². The highest BCUT2D eigenvalue weighted by molar-refractivity contribution is 7.89. The molecule has 3 rings (SSSR count). The van der Waals surface area contributed by atoms with Crippen LogP contribution in [-0.2, 0) is 10.0 Å². The van der Waals surface area contributed by atoms with E-state index in [1.165, 1.54) is 16.4 Å². The van der Waals surface area contributed by atoms with Gasteiger partial charge < -0.3 is 14.4 Å². The second-order valence-electron chi connectivity index (χ2n) is 5.45. The number of hydrogen-bond donors (Lipinski definition) is 1. The number of furan rings is 1. The van der Waals surface area contributed by atoms with Crippen molar-refractivity contribution in [3.8, 4) is 0 Å². The van der Waals surface area contributed by atoms with Crippen molar-refractivity contribution >= 4 is 27.5 Å². The maximum Gasteiger partial charge on any atom is 0.371 e. The second-order valence-corrected chi connectivity index (χ2v) is 7.32. The Morgan fingerprint density at radius 3 is 2.38 bits per heavy atom. The average Bonchev–Trinajstić information content (AvgIpc) is 3.13. The Bertz CT molecular complexity index is 930. The Morgan fingerprint density at radius 1 is 1.19 bits per heavy atom. The minimum Gasteiger partial charge on any atom is -0.475 e. The number of aromatic nitrogens is 1. The third-order valence-corrected chi connectivity index (χ3v) is 5.66. The molecule has 0 bridgehead atoms. The highest BCUT2D eigenvalue weighted by Crippen LogP contribution is 2.22. The molecule has 1 saturated heterocycles. The van der Waals surface area contributed by atoms with Crippen molar-refractivity contribution in [2.24, 2.45) is 0 Å². The van der Waals surface area contributed by atoms with Crippen LogP contribution in [0.3, 0.4) is 0 Å². The molecule has 0 aliphatic carbocycles. The van der Waals surface area contributed by atoms with Crippen molar-refractivity contribution in [3.05, 3.63) is 46.3 Å². The zero-order valence-corrected chi connectivity index (χ0v) is 14.1. The average molecular weight is 382 g/mol. The van der Waals surface area contributed by atoms with Crippen molar-refractivity contribution in [1.82, 2.24) is 9.29 Å². The van der Waals surface area contributed by atoms with Gasteiger partial charge in [-0.3, -0.25) is 10.1 Å². The van der Waals surface area contributed by atoms with Crippen LogP contribution in [0.4, 0.5) is 11.5 Å². The zero-order chi connectivity index (χ0) is 18.9. The molecule has 26 heavy (non-hydrogen) atoms. The molecule has 2 aromatic heterocycles. The fraction of sp³-hybridized carbons (Fsp3) is 0.286. The van der Waals surface area contributed by atoms with Crippen LogP contribution in [0.1, 0.15) is 10.6 Å². The Kier molecular flexibility index (Phi) is 4.61. The van der Waals surface area contributed by atoms with Gasteiger partial charge in [-0.25, -0.2) is 18.2 Å². The summed E-state index contributed by atoms with van der Waals surface area (Å²) in [4.78, 5) is 26.8. The lowest BCUT2D eigenvalue weighted by Gasteiger charge is -2.34. The number of hydrogen-bond acceptors (Lipinski definition) is 8. The van der Waals surface area contributed by atoms with Gasteiger partial charge in [0.1, 0.15) is 12.0 Å². The highest BCUT2D eigenvalue weighted by atomic mass is 32.2. The third kappa shape index (κ3) is 3.36. The van der Waals surface area contributed by atoms with Gasteiger partial charge in [-0.1, -0.05) is 0 Å². The molecule has 11 nitrogen and oxygen atoms in total. The van der Waals surface area contributed by atoms with E-state index < -0.39 is 31.8 Å². The molecule has 1 aliphatic rings. The minimum absolute atomic E-state index is 0.123. The van der Waals surface area contributed by atoms with E-state index in [9.17, 15) is 23.3 Å². The summed E-state index contributed by atoms with van der Waals surface area (Å²) in [5.41, 5.74) is -0.123. The van der Waals surface area contributed by atoms with Crippen molar-refractivity contribution in [2.75, 3.05) is 31.1 Å². The van der Waals surface area contributed by atoms with E-state index in [1.807, 2.05) is 0 Å². The van der Waals surface area contributed by atoms with E-state index in [-0.39, 0.29) is 18.8 Å². The van der Waals surface area contributed by atoms with Crippen LogP contribution in [0.2, 0.25) is 0 Å². The first-order chi connectivity index (χ1) is 12.3. The molecule has 1 aliphatic heterocycles. The van der Waals surface area contributed by atoms with Crippen LogP contribution >= 0.6 is 0 Å². The van der Waals surface area contributed by atoms with Gasteiger partial charge >= 0.3 is 5.97 Å². The minimum atomic E-state index is -3.93. The third-order valence-electron chi connectivity index (χ3n) is 3.89. The number of sulfonamides is 1. The molecule has 1 fully saturated rings. The normalized spacial score (nSPS) is 15.8. The molecule has 0 amide bonds. The van der Waals surface area contributed by atoms with Crippen LogP contribution in [0.15, 0.2) is 40.0 Å². The molecule has 12 heteroatoms. The SMILES string of the molecule is O=C(O)c1ccc(S(=O)(=O)N2CCN(c3ccc([N+](=O)[O-])cn3)CC2)o1. The summed E-state index contributed by atoms with van der Waals surface area (Å²) in [5.74, 6) is -1.28. The largest absolute Gasteiger partial charge is 0.475 e. The number of nitrogens with zero attached hydrogens (tertiary/aromatic N) is 4. The molecule has 0 atom stereocenters. The van der Waals surface area contributed by atoms with Gasteiger partial charge in [-0.05, 0) is 18.2 Å².